The first-order chi connectivity index (χ1) is 10.2. The van der Waals surface area contributed by atoms with E-state index in [0.717, 1.165) is 16.8 Å². The fourth-order valence-corrected chi connectivity index (χ4v) is 2.67. The van der Waals surface area contributed by atoms with Gasteiger partial charge in [-0.3, -0.25) is 4.68 Å². The van der Waals surface area contributed by atoms with Crippen molar-refractivity contribution in [3.63, 3.8) is 0 Å². The fraction of sp³-hybridized carbons (Fsp3) is 0.250. The molecule has 1 saturated carbocycles. The normalized spacial score (nSPS) is 14.5. The van der Waals surface area contributed by atoms with E-state index >= 15 is 0 Å². The van der Waals surface area contributed by atoms with Crippen molar-refractivity contribution in [1.29, 1.82) is 0 Å². The van der Waals surface area contributed by atoms with E-state index in [1.54, 1.807) is 10.9 Å². The molecule has 0 atom stereocenters. The lowest BCUT2D eigenvalue weighted by molar-refractivity contribution is 0.779. The minimum absolute atomic E-state index is 0.681. The van der Waals surface area contributed by atoms with Gasteiger partial charge in [0, 0.05) is 30.4 Å². The highest BCUT2D eigenvalue weighted by molar-refractivity contribution is 5.74. The summed E-state index contributed by atoms with van der Waals surface area (Å²) in [5, 5.41) is 8.63. The molecule has 0 spiro atoms. The second-order valence-corrected chi connectivity index (χ2v) is 5.56. The van der Waals surface area contributed by atoms with Crippen LogP contribution in [0.1, 0.15) is 24.5 Å². The molecule has 1 aliphatic rings. The zero-order valence-electron chi connectivity index (χ0n) is 11.9. The van der Waals surface area contributed by atoms with Crippen molar-refractivity contribution in [3.05, 3.63) is 48.4 Å². The van der Waals surface area contributed by atoms with Gasteiger partial charge in [-0.2, -0.15) is 10.2 Å². The second-order valence-electron chi connectivity index (χ2n) is 5.56. The number of nitrogens with two attached hydrogens (primary N) is 1. The van der Waals surface area contributed by atoms with Crippen LogP contribution in [-0.4, -0.2) is 19.6 Å². The molecule has 0 amide bonds. The lowest BCUT2D eigenvalue weighted by atomic mass is 10.1. The van der Waals surface area contributed by atoms with Crippen molar-refractivity contribution in [3.8, 4) is 16.8 Å². The molecule has 2 aromatic heterocycles. The molecule has 2 heterocycles. The van der Waals surface area contributed by atoms with Gasteiger partial charge in [-0.15, -0.1) is 0 Å². The Bertz CT molecular complexity index is 777. The van der Waals surface area contributed by atoms with E-state index < -0.39 is 0 Å². The number of hydrogen-bond donors (Lipinski definition) is 1. The SMILES string of the molecule is Cn1ncc(-c2ccc(-n3nccc3C3CC3)cc2)c1N. The fourth-order valence-electron chi connectivity index (χ4n) is 2.67. The summed E-state index contributed by atoms with van der Waals surface area (Å²) >= 11 is 0. The predicted octanol–water partition coefficient (Wildman–Crippen LogP) is 2.73. The maximum absolute atomic E-state index is 6.02. The van der Waals surface area contributed by atoms with Gasteiger partial charge in [-0.1, -0.05) is 12.1 Å². The van der Waals surface area contributed by atoms with Crippen molar-refractivity contribution in [2.24, 2.45) is 7.05 Å². The summed E-state index contributed by atoms with van der Waals surface area (Å²) in [4.78, 5) is 0. The van der Waals surface area contributed by atoms with Crippen molar-refractivity contribution < 1.29 is 0 Å². The van der Waals surface area contributed by atoms with E-state index in [9.17, 15) is 0 Å². The summed E-state index contributed by atoms with van der Waals surface area (Å²) in [6, 6.07) is 10.4. The average molecular weight is 279 g/mol. The summed E-state index contributed by atoms with van der Waals surface area (Å²) in [6.07, 6.45) is 6.22. The molecule has 5 nitrogen and oxygen atoms in total. The Balaban J connectivity index is 1.70. The summed E-state index contributed by atoms with van der Waals surface area (Å²) in [7, 11) is 1.85. The van der Waals surface area contributed by atoms with Crippen LogP contribution in [0.5, 0.6) is 0 Å². The Labute approximate surface area is 123 Å². The Morgan fingerprint density at radius 2 is 1.86 bits per heavy atom. The molecular formula is C16H17N5. The molecule has 4 rings (SSSR count). The maximum atomic E-state index is 6.02. The average Bonchev–Trinajstić information content (AvgIpc) is 3.15. The van der Waals surface area contributed by atoms with Crippen LogP contribution in [0, 0.1) is 0 Å². The molecule has 1 aromatic carbocycles. The maximum Gasteiger partial charge on any atom is 0.129 e. The van der Waals surface area contributed by atoms with Crippen LogP contribution in [0.4, 0.5) is 5.82 Å². The quantitative estimate of drug-likeness (QED) is 0.802. The zero-order chi connectivity index (χ0) is 14.4. The van der Waals surface area contributed by atoms with Gasteiger partial charge >= 0.3 is 0 Å². The molecule has 0 saturated heterocycles. The number of aryl methyl sites for hydroxylation is 1. The van der Waals surface area contributed by atoms with Gasteiger partial charge in [0.1, 0.15) is 5.82 Å². The summed E-state index contributed by atoms with van der Waals surface area (Å²) in [6.45, 7) is 0. The number of anilines is 1. The predicted molar refractivity (Wildman–Crippen MR) is 82.2 cm³/mol. The van der Waals surface area contributed by atoms with E-state index in [0.29, 0.717) is 11.7 Å². The Hall–Kier alpha value is -2.56. The molecule has 21 heavy (non-hydrogen) atoms. The lowest BCUT2D eigenvalue weighted by Gasteiger charge is -2.08. The van der Waals surface area contributed by atoms with Crippen molar-refractivity contribution in [2.45, 2.75) is 18.8 Å². The van der Waals surface area contributed by atoms with Crippen molar-refractivity contribution >= 4 is 5.82 Å². The topological polar surface area (TPSA) is 61.7 Å². The highest BCUT2D eigenvalue weighted by atomic mass is 15.3. The van der Waals surface area contributed by atoms with Crippen LogP contribution in [-0.2, 0) is 7.05 Å². The Morgan fingerprint density at radius 3 is 2.48 bits per heavy atom. The van der Waals surface area contributed by atoms with E-state index in [1.807, 2.05) is 17.9 Å². The number of aromatic nitrogens is 4. The number of nitrogen functional groups attached to an aromatic ring is 1. The van der Waals surface area contributed by atoms with Gasteiger partial charge in [0.2, 0.25) is 0 Å². The number of rotatable bonds is 3. The largest absolute Gasteiger partial charge is 0.383 e. The summed E-state index contributed by atoms with van der Waals surface area (Å²) in [5.41, 5.74) is 10.5. The zero-order valence-corrected chi connectivity index (χ0v) is 11.9. The first kappa shape index (κ1) is 12.2. The summed E-state index contributed by atoms with van der Waals surface area (Å²) in [5.74, 6) is 1.36. The third-order valence-corrected chi connectivity index (χ3v) is 4.08. The Kier molecular flexibility index (Phi) is 2.60. The van der Waals surface area contributed by atoms with Gasteiger partial charge in [-0.05, 0) is 36.6 Å². The molecule has 1 aliphatic carbocycles. The lowest BCUT2D eigenvalue weighted by Crippen LogP contribution is -2.01. The van der Waals surface area contributed by atoms with Gasteiger partial charge in [0.25, 0.3) is 0 Å². The minimum atomic E-state index is 0.681. The smallest absolute Gasteiger partial charge is 0.129 e. The molecule has 106 valence electrons. The van der Waals surface area contributed by atoms with Crippen LogP contribution in [0.2, 0.25) is 0 Å². The minimum Gasteiger partial charge on any atom is -0.383 e. The van der Waals surface area contributed by atoms with Crippen LogP contribution in [0.3, 0.4) is 0 Å². The molecule has 2 N–H and O–H groups in total. The molecule has 0 radical (unpaired) electrons. The van der Waals surface area contributed by atoms with Crippen LogP contribution in [0.15, 0.2) is 42.7 Å². The molecule has 0 aliphatic heterocycles. The van der Waals surface area contributed by atoms with Crippen molar-refractivity contribution in [2.75, 3.05) is 5.73 Å². The van der Waals surface area contributed by atoms with Crippen LogP contribution >= 0.6 is 0 Å². The number of hydrogen-bond acceptors (Lipinski definition) is 3. The second kappa shape index (κ2) is 4.48. The van der Waals surface area contributed by atoms with Gasteiger partial charge in [-0.25, -0.2) is 4.68 Å². The van der Waals surface area contributed by atoms with E-state index in [-0.39, 0.29) is 0 Å². The van der Waals surface area contributed by atoms with Crippen LogP contribution < -0.4 is 5.73 Å². The molecule has 0 bridgehead atoms. The highest BCUT2D eigenvalue weighted by Crippen LogP contribution is 2.40. The van der Waals surface area contributed by atoms with Crippen LogP contribution in [0.25, 0.3) is 16.8 Å². The number of nitrogens with zero attached hydrogens (tertiary/aromatic N) is 4. The summed E-state index contributed by atoms with van der Waals surface area (Å²) < 4.78 is 3.72. The molecule has 3 aromatic rings. The molecule has 1 fully saturated rings. The van der Waals surface area contributed by atoms with E-state index in [1.165, 1.54) is 18.5 Å². The first-order valence-electron chi connectivity index (χ1n) is 7.16. The van der Waals surface area contributed by atoms with E-state index in [4.69, 9.17) is 5.73 Å². The highest BCUT2D eigenvalue weighted by Gasteiger charge is 2.27. The standard InChI is InChI=1S/C16H17N5/c1-20-16(17)14(10-19-20)11-4-6-13(7-5-11)21-15(8-9-18-21)12-2-3-12/h4-10,12H,2-3,17H2,1H3. The third kappa shape index (κ3) is 2.01. The number of benzene rings is 1. The van der Waals surface area contributed by atoms with Gasteiger partial charge in [0.15, 0.2) is 0 Å². The molecular weight excluding hydrogens is 262 g/mol. The van der Waals surface area contributed by atoms with Gasteiger partial charge in [0.05, 0.1) is 11.9 Å². The van der Waals surface area contributed by atoms with Gasteiger partial charge < -0.3 is 5.73 Å². The monoisotopic (exact) mass is 279 g/mol. The molecule has 0 unspecified atom stereocenters. The van der Waals surface area contributed by atoms with Crippen molar-refractivity contribution in [1.82, 2.24) is 19.6 Å². The van der Waals surface area contributed by atoms with E-state index in [2.05, 4.69) is 40.5 Å². The Morgan fingerprint density at radius 1 is 1.10 bits per heavy atom. The molecule has 5 heteroatoms. The first-order valence-corrected chi connectivity index (χ1v) is 7.16. The third-order valence-electron chi connectivity index (χ3n) is 4.08.